The van der Waals surface area contributed by atoms with Crippen LogP contribution in [-0.2, 0) is 18.3 Å². The minimum Gasteiger partial charge on any atom is -0.333 e. The van der Waals surface area contributed by atoms with Gasteiger partial charge in [0, 0.05) is 44.5 Å². The lowest BCUT2D eigenvalue weighted by atomic mass is 10.0. The van der Waals surface area contributed by atoms with E-state index in [9.17, 15) is 9.59 Å². The predicted octanol–water partition coefficient (Wildman–Crippen LogP) is 1.47. The Hall–Kier alpha value is -2.77. The zero-order chi connectivity index (χ0) is 18.8. The van der Waals surface area contributed by atoms with Crippen LogP contribution in [0.15, 0.2) is 53.6 Å². The lowest BCUT2D eigenvalue weighted by Gasteiger charge is -2.36. The Morgan fingerprint density at radius 2 is 2.00 bits per heavy atom. The molecule has 1 amide bonds. The summed E-state index contributed by atoms with van der Waals surface area (Å²) in [6.07, 6.45) is 3.69. The van der Waals surface area contributed by atoms with E-state index in [4.69, 9.17) is 0 Å². The highest BCUT2D eigenvalue weighted by atomic mass is 35.5. The molecule has 0 saturated carbocycles. The van der Waals surface area contributed by atoms with E-state index in [-0.39, 0.29) is 36.3 Å². The Bertz CT molecular complexity index is 1040. The molecule has 1 aliphatic rings. The number of hydrogen-bond acceptors (Lipinski definition) is 5. The van der Waals surface area contributed by atoms with E-state index in [0.717, 1.165) is 17.5 Å². The van der Waals surface area contributed by atoms with Crippen molar-refractivity contribution in [2.75, 3.05) is 19.6 Å². The van der Waals surface area contributed by atoms with E-state index in [2.05, 4.69) is 15.4 Å². The Morgan fingerprint density at radius 1 is 1.21 bits per heavy atom. The lowest BCUT2D eigenvalue weighted by Crippen LogP contribution is -2.49. The molecule has 146 valence electrons. The van der Waals surface area contributed by atoms with Gasteiger partial charge in [-0.25, -0.2) is 4.68 Å². The highest BCUT2D eigenvalue weighted by Crippen LogP contribution is 2.23. The number of nitrogens with zero attached hydrogens (tertiary/aromatic N) is 4. The number of halogens is 1. The molecule has 1 saturated heterocycles. The van der Waals surface area contributed by atoms with Gasteiger partial charge in [-0.15, -0.1) is 12.4 Å². The van der Waals surface area contributed by atoms with Gasteiger partial charge < -0.3 is 10.2 Å². The second-order valence-electron chi connectivity index (χ2n) is 6.69. The Labute approximate surface area is 168 Å². The van der Waals surface area contributed by atoms with Crippen molar-refractivity contribution in [2.24, 2.45) is 7.05 Å². The van der Waals surface area contributed by atoms with Crippen molar-refractivity contribution >= 4 is 29.1 Å². The molecular formula is C20H22ClN5O2. The average Bonchev–Trinajstić information content (AvgIpc) is 2.72. The number of carbonyl (C=O) groups is 1. The third-order valence-electron chi connectivity index (χ3n) is 4.98. The van der Waals surface area contributed by atoms with Crippen molar-refractivity contribution in [3.63, 3.8) is 0 Å². The normalized spacial score (nSPS) is 16.6. The van der Waals surface area contributed by atoms with E-state index in [1.807, 2.05) is 35.2 Å². The molecule has 1 fully saturated rings. The van der Waals surface area contributed by atoms with Crippen LogP contribution < -0.4 is 10.9 Å². The standard InChI is InChI=1S/C20H21N5O2.ClH/c1-24-20(27)16-7-3-2-6-15(16)17(23-24)11-19(26)25-10-9-22-13-18(25)14-5-4-8-21-12-14;/h2-8,12,18,22H,9-11,13H2,1H3;1H. The maximum atomic E-state index is 13.1. The summed E-state index contributed by atoms with van der Waals surface area (Å²) in [7, 11) is 1.62. The number of hydrogen-bond donors (Lipinski definition) is 1. The van der Waals surface area contributed by atoms with Gasteiger partial charge in [0.15, 0.2) is 0 Å². The molecule has 1 aliphatic heterocycles. The molecule has 7 nitrogen and oxygen atoms in total. The van der Waals surface area contributed by atoms with E-state index >= 15 is 0 Å². The van der Waals surface area contributed by atoms with Crippen molar-refractivity contribution in [1.82, 2.24) is 25.0 Å². The molecule has 3 heterocycles. The summed E-state index contributed by atoms with van der Waals surface area (Å²) < 4.78 is 1.31. The van der Waals surface area contributed by atoms with Crippen LogP contribution in [0.3, 0.4) is 0 Å². The minimum atomic E-state index is -0.155. The number of rotatable bonds is 3. The summed E-state index contributed by atoms with van der Waals surface area (Å²) in [5.74, 6) is 0.00153. The van der Waals surface area contributed by atoms with Gasteiger partial charge in [-0.2, -0.15) is 5.10 Å². The molecule has 1 N–H and O–H groups in total. The fourth-order valence-corrected chi connectivity index (χ4v) is 3.62. The number of aromatic nitrogens is 3. The molecule has 0 spiro atoms. The number of piperazine rings is 1. The smallest absolute Gasteiger partial charge is 0.274 e. The first kappa shape index (κ1) is 20.0. The SMILES string of the molecule is Cl.Cn1nc(CC(=O)N2CCNCC2c2cccnc2)c2ccccc2c1=O. The van der Waals surface area contributed by atoms with Crippen LogP contribution in [0.4, 0.5) is 0 Å². The molecule has 2 aromatic heterocycles. The molecule has 4 rings (SSSR count). The van der Waals surface area contributed by atoms with Crippen molar-refractivity contribution in [3.8, 4) is 0 Å². The maximum absolute atomic E-state index is 13.1. The van der Waals surface area contributed by atoms with Crippen LogP contribution in [0.25, 0.3) is 10.8 Å². The minimum absolute atomic E-state index is 0. The average molecular weight is 400 g/mol. The molecule has 0 bridgehead atoms. The van der Waals surface area contributed by atoms with Crippen LogP contribution in [-0.4, -0.2) is 45.2 Å². The van der Waals surface area contributed by atoms with Gasteiger partial charge in [-0.05, 0) is 17.7 Å². The van der Waals surface area contributed by atoms with Crippen LogP contribution >= 0.6 is 12.4 Å². The predicted molar refractivity (Wildman–Crippen MR) is 109 cm³/mol. The van der Waals surface area contributed by atoms with Gasteiger partial charge in [0.05, 0.1) is 23.5 Å². The maximum Gasteiger partial charge on any atom is 0.274 e. The lowest BCUT2D eigenvalue weighted by molar-refractivity contribution is -0.133. The highest BCUT2D eigenvalue weighted by Gasteiger charge is 2.28. The fourth-order valence-electron chi connectivity index (χ4n) is 3.62. The first-order chi connectivity index (χ1) is 13.1. The van der Waals surface area contributed by atoms with Gasteiger partial charge >= 0.3 is 0 Å². The molecular weight excluding hydrogens is 378 g/mol. The van der Waals surface area contributed by atoms with Crippen molar-refractivity contribution in [2.45, 2.75) is 12.5 Å². The Balaban J connectivity index is 0.00000225. The molecule has 28 heavy (non-hydrogen) atoms. The third kappa shape index (κ3) is 3.76. The topological polar surface area (TPSA) is 80.1 Å². The monoisotopic (exact) mass is 399 g/mol. The summed E-state index contributed by atoms with van der Waals surface area (Å²) in [4.78, 5) is 31.5. The largest absolute Gasteiger partial charge is 0.333 e. The third-order valence-corrected chi connectivity index (χ3v) is 4.98. The van der Waals surface area contributed by atoms with Gasteiger partial charge in [-0.1, -0.05) is 24.3 Å². The van der Waals surface area contributed by atoms with Crippen molar-refractivity contribution in [3.05, 3.63) is 70.4 Å². The van der Waals surface area contributed by atoms with Crippen LogP contribution in [0.2, 0.25) is 0 Å². The van der Waals surface area contributed by atoms with Crippen molar-refractivity contribution in [1.29, 1.82) is 0 Å². The summed E-state index contributed by atoms with van der Waals surface area (Å²) in [5, 5.41) is 9.03. The molecule has 3 aromatic rings. The van der Waals surface area contributed by atoms with E-state index in [1.54, 1.807) is 25.5 Å². The molecule has 1 atom stereocenters. The van der Waals surface area contributed by atoms with E-state index in [0.29, 0.717) is 24.2 Å². The second kappa shape index (κ2) is 8.50. The fraction of sp³-hybridized carbons (Fsp3) is 0.300. The van der Waals surface area contributed by atoms with Crippen LogP contribution in [0.1, 0.15) is 17.3 Å². The first-order valence-electron chi connectivity index (χ1n) is 9.00. The Morgan fingerprint density at radius 3 is 2.75 bits per heavy atom. The van der Waals surface area contributed by atoms with E-state index < -0.39 is 0 Å². The number of pyridine rings is 1. The van der Waals surface area contributed by atoms with E-state index in [1.165, 1.54) is 4.68 Å². The summed E-state index contributed by atoms with van der Waals surface area (Å²) >= 11 is 0. The summed E-state index contributed by atoms with van der Waals surface area (Å²) in [5.41, 5.74) is 1.48. The van der Waals surface area contributed by atoms with Gasteiger partial charge in [0.1, 0.15) is 0 Å². The zero-order valence-corrected chi connectivity index (χ0v) is 16.4. The van der Waals surface area contributed by atoms with Crippen molar-refractivity contribution < 1.29 is 4.79 Å². The molecule has 0 aliphatic carbocycles. The van der Waals surface area contributed by atoms with Crippen LogP contribution in [0, 0.1) is 0 Å². The molecule has 0 radical (unpaired) electrons. The molecule has 1 unspecified atom stereocenters. The molecule has 8 heteroatoms. The van der Waals surface area contributed by atoms with Gasteiger partial charge in [0.2, 0.25) is 5.91 Å². The Kier molecular flexibility index (Phi) is 6.06. The first-order valence-corrected chi connectivity index (χ1v) is 9.00. The van der Waals surface area contributed by atoms with Gasteiger partial charge in [-0.3, -0.25) is 14.6 Å². The summed E-state index contributed by atoms with van der Waals surface area (Å²) in [6, 6.07) is 11.1. The quantitative estimate of drug-likeness (QED) is 0.721. The van der Waals surface area contributed by atoms with Crippen LogP contribution in [0.5, 0.6) is 0 Å². The molecule has 1 aromatic carbocycles. The zero-order valence-electron chi connectivity index (χ0n) is 15.5. The highest BCUT2D eigenvalue weighted by molar-refractivity contribution is 5.88. The number of amides is 1. The number of aryl methyl sites for hydroxylation is 1. The summed E-state index contributed by atoms with van der Waals surface area (Å²) in [6.45, 7) is 2.07. The number of nitrogens with one attached hydrogen (secondary N) is 1. The van der Waals surface area contributed by atoms with Gasteiger partial charge in [0.25, 0.3) is 5.56 Å². The number of benzene rings is 1. The second-order valence-corrected chi connectivity index (χ2v) is 6.69. The number of carbonyl (C=O) groups excluding carboxylic acids is 1. The number of fused-ring (bicyclic) bond motifs is 1.